The molecular formula is C13H14N6S2. The van der Waals surface area contributed by atoms with Crippen LogP contribution in [0.15, 0.2) is 35.4 Å². The van der Waals surface area contributed by atoms with Crippen LogP contribution in [0.4, 0.5) is 22.5 Å². The van der Waals surface area contributed by atoms with Crippen molar-refractivity contribution in [1.82, 2.24) is 15.0 Å². The summed E-state index contributed by atoms with van der Waals surface area (Å²) in [6, 6.07) is 4.17. The molecule has 21 heavy (non-hydrogen) atoms. The third-order valence-corrected chi connectivity index (χ3v) is 4.41. The fourth-order valence-electron chi connectivity index (χ4n) is 1.78. The zero-order chi connectivity index (χ0) is 14.5. The molecule has 0 aliphatic rings. The molecular weight excluding hydrogens is 304 g/mol. The number of thiazole rings is 1. The maximum atomic E-state index is 6.09. The van der Waals surface area contributed by atoms with Gasteiger partial charge in [-0.15, -0.1) is 22.7 Å². The second-order valence-electron chi connectivity index (χ2n) is 4.20. The molecule has 3 aromatic heterocycles. The molecule has 4 N–H and O–H groups in total. The second-order valence-corrected chi connectivity index (χ2v) is 6.13. The van der Waals surface area contributed by atoms with Crippen molar-refractivity contribution in [1.29, 1.82) is 0 Å². The molecule has 0 amide bonds. The fraction of sp³-hybridized carbons (Fsp3) is 0.154. The summed E-state index contributed by atoms with van der Waals surface area (Å²) in [6.45, 7) is 0.776. The number of thiophene rings is 1. The van der Waals surface area contributed by atoms with Gasteiger partial charge in [0.15, 0.2) is 16.8 Å². The van der Waals surface area contributed by atoms with Gasteiger partial charge >= 0.3 is 0 Å². The van der Waals surface area contributed by atoms with Crippen molar-refractivity contribution in [2.75, 3.05) is 22.9 Å². The second kappa shape index (κ2) is 6.51. The quantitative estimate of drug-likeness (QED) is 0.647. The summed E-state index contributed by atoms with van der Waals surface area (Å²) in [4.78, 5) is 13.8. The average Bonchev–Trinajstić information content (AvgIpc) is 3.16. The summed E-state index contributed by atoms with van der Waals surface area (Å²) < 4.78 is 0. The standard InChI is InChI=1S/C13H14N6S2/c14-10-11(15-4-3-9-2-1-6-20-9)17-8-18-12(10)19-13-16-5-7-21-13/h1-2,5-8H,3-4,14H2,(H2,15,16,17,18,19). The molecule has 0 aromatic carbocycles. The Labute approximate surface area is 130 Å². The van der Waals surface area contributed by atoms with Gasteiger partial charge in [0.1, 0.15) is 12.0 Å². The number of nitrogen functional groups attached to an aromatic ring is 1. The van der Waals surface area contributed by atoms with Gasteiger partial charge in [0, 0.05) is 23.0 Å². The Morgan fingerprint density at radius 2 is 2.00 bits per heavy atom. The molecule has 0 spiro atoms. The first-order chi connectivity index (χ1) is 10.3. The predicted molar refractivity (Wildman–Crippen MR) is 88.4 cm³/mol. The number of nitrogens with one attached hydrogen (secondary N) is 2. The van der Waals surface area contributed by atoms with Gasteiger partial charge in [-0.3, -0.25) is 0 Å². The van der Waals surface area contributed by atoms with Gasteiger partial charge in [-0.25, -0.2) is 15.0 Å². The van der Waals surface area contributed by atoms with E-state index in [9.17, 15) is 0 Å². The summed E-state index contributed by atoms with van der Waals surface area (Å²) >= 11 is 3.24. The van der Waals surface area contributed by atoms with E-state index in [0.29, 0.717) is 17.3 Å². The Morgan fingerprint density at radius 1 is 1.10 bits per heavy atom. The van der Waals surface area contributed by atoms with Crippen LogP contribution in [0.1, 0.15) is 4.88 Å². The van der Waals surface area contributed by atoms with Crippen LogP contribution in [-0.2, 0) is 6.42 Å². The topological polar surface area (TPSA) is 88.8 Å². The van der Waals surface area contributed by atoms with E-state index in [1.165, 1.54) is 22.5 Å². The van der Waals surface area contributed by atoms with Crippen molar-refractivity contribution in [2.24, 2.45) is 0 Å². The first-order valence-electron chi connectivity index (χ1n) is 6.36. The molecule has 6 nitrogen and oxygen atoms in total. The summed E-state index contributed by atoms with van der Waals surface area (Å²) in [7, 11) is 0. The van der Waals surface area contributed by atoms with Crippen molar-refractivity contribution >= 4 is 45.1 Å². The first kappa shape index (κ1) is 13.8. The number of nitrogens with two attached hydrogens (primary N) is 1. The minimum absolute atomic E-state index is 0.499. The van der Waals surface area contributed by atoms with Gasteiger partial charge in [0.25, 0.3) is 0 Å². The number of nitrogens with zero attached hydrogens (tertiary/aromatic N) is 3. The van der Waals surface area contributed by atoms with Crippen LogP contribution in [0.5, 0.6) is 0 Å². The van der Waals surface area contributed by atoms with Crippen LogP contribution in [0.2, 0.25) is 0 Å². The molecule has 108 valence electrons. The van der Waals surface area contributed by atoms with Gasteiger partial charge in [-0.1, -0.05) is 6.07 Å². The lowest BCUT2D eigenvalue weighted by molar-refractivity contribution is 1.02. The Morgan fingerprint density at radius 3 is 2.76 bits per heavy atom. The molecule has 0 aliphatic carbocycles. The molecule has 0 unspecified atom stereocenters. The monoisotopic (exact) mass is 318 g/mol. The number of anilines is 4. The molecule has 3 aromatic rings. The van der Waals surface area contributed by atoms with E-state index in [2.05, 4.69) is 43.1 Å². The van der Waals surface area contributed by atoms with Crippen molar-refractivity contribution < 1.29 is 0 Å². The largest absolute Gasteiger partial charge is 0.393 e. The highest BCUT2D eigenvalue weighted by Gasteiger charge is 2.09. The number of hydrogen-bond acceptors (Lipinski definition) is 8. The molecule has 0 saturated heterocycles. The van der Waals surface area contributed by atoms with Gasteiger partial charge in [0.2, 0.25) is 0 Å². The highest BCUT2D eigenvalue weighted by atomic mass is 32.1. The minimum atomic E-state index is 0.499. The Kier molecular flexibility index (Phi) is 4.27. The van der Waals surface area contributed by atoms with Crippen LogP contribution in [0.3, 0.4) is 0 Å². The van der Waals surface area contributed by atoms with E-state index in [1.54, 1.807) is 17.5 Å². The molecule has 0 atom stereocenters. The lowest BCUT2D eigenvalue weighted by atomic mass is 10.3. The van der Waals surface area contributed by atoms with E-state index in [4.69, 9.17) is 5.73 Å². The lowest BCUT2D eigenvalue weighted by Crippen LogP contribution is -2.10. The van der Waals surface area contributed by atoms with E-state index in [0.717, 1.165) is 18.1 Å². The van der Waals surface area contributed by atoms with Gasteiger partial charge in [-0.05, 0) is 17.9 Å². The van der Waals surface area contributed by atoms with Crippen LogP contribution < -0.4 is 16.4 Å². The van der Waals surface area contributed by atoms with Crippen LogP contribution in [0, 0.1) is 0 Å². The highest BCUT2D eigenvalue weighted by Crippen LogP contribution is 2.26. The molecule has 0 radical (unpaired) electrons. The van der Waals surface area contributed by atoms with Crippen molar-refractivity contribution in [3.05, 3.63) is 40.3 Å². The zero-order valence-corrected chi connectivity index (χ0v) is 12.7. The summed E-state index contributed by atoms with van der Waals surface area (Å²) in [5, 5.41) is 11.1. The van der Waals surface area contributed by atoms with Crippen molar-refractivity contribution in [2.45, 2.75) is 6.42 Å². The maximum absolute atomic E-state index is 6.09. The summed E-state index contributed by atoms with van der Waals surface area (Å²) in [5.41, 5.74) is 6.59. The van der Waals surface area contributed by atoms with E-state index >= 15 is 0 Å². The van der Waals surface area contributed by atoms with E-state index in [1.807, 2.05) is 5.38 Å². The van der Waals surface area contributed by atoms with Crippen molar-refractivity contribution in [3.8, 4) is 0 Å². The van der Waals surface area contributed by atoms with Gasteiger partial charge < -0.3 is 16.4 Å². The average molecular weight is 318 g/mol. The smallest absolute Gasteiger partial charge is 0.188 e. The molecule has 3 heterocycles. The minimum Gasteiger partial charge on any atom is -0.393 e. The molecule has 0 bridgehead atoms. The third kappa shape index (κ3) is 3.47. The fourth-order valence-corrected chi connectivity index (χ4v) is 3.02. The number of hydrogen-bond donors (Lipinski definition) is 3. The van der Waals surface area contributed by atoms with E-state index in [-0.39, 0.29) is 0 Å². The summed E-state index contributed by atoms with van der Waals surface area (Å²) in [5.74, 6) is 1.21. The predicted octanol–water partition coefficient (Wildman–Crippen LogP) is 2.98. The highest BCUT2D eigenvalue weighted by molar-refractivity contribution is 7.13. The van der Waals surface area contributed by atoms with Gasteiger partial charge in [0.05, 0.1) is 0 Å². The van der Waals surface area contributed by atoms with Crippen LogP contribution in [-0.4, -0.2) is 21.5 Å². The Bertz CT molecular complexity index is 681. The lowest BCUT2D eigenvalue weighted by Gasteiger charge is -2.10. The normalized spacial score (nSPS) is 10.5. The number of rotatable bonds is 6. The molecule has 0 saturated carbocycles. The molecule has 8 heteroatoms. The van der Waals surface area contributed by atoms with E-state index < -0.39 is 0 Å². The molecule has 0 fully saturated rings. The number of aromatic nitrogens is 3. The zero-order valence-electron chi connectivity index (χ0n) is 11.1. The third-order valence-electron chi connectivity index (χ3n) is 2.79. The maximum Gasteiger partial charge on any atom is 0.188 e. The molecule has 0 aliphatic heterocycles. The van der Waals surface area contributed by atoms with Crippen molar-refractivity contribution in [3.63, 3.8) is 0 Å². The van der Waals surface area contributed by atoms with Crippen LogP contribution >= 0.6 is 22.7 Å². The Hall–Kier alpha value is -2.19. The first-order valence-corrected chi connectivity index (χ1v) is 8.12. The van der Waals surface area contributed by atoms with Gasteiger partial charge in [-0.2, -0.15) is 0 Å². The SMILES string of the molecule is Nc1c(NCCc2cccs2)ncnc1Nc1nccs1. The molecule has 3 rings (SSSR count). The Balaban J connectivity index is 1.65. The summed E-state index contributed by atoms with van der Waals surface area (Å²) in [6.07, 6.45) is 4.15. The van der Waals surface area contributed by atoms with Crippen LogP contribution in [0.25, 0.3) is 0 Å².